The summed E-state index contributed by atoms with van der Waals surface area (Å²) in [4.78, 5) is 0. The van der Waals surface area contributed by atoms with Gasteiger partial charge in [0.15, 0.2) is 0 Å². The molecule has 0 saturated carbocycles. The van der Waals surface area contributed by atoms with Crippen LogP contribution < -0.4 is 5.32 Å². The second-order valence-corrected chi connectivity index (χ2v) is 4.99. The third-order valence-corrected chi connectivity index (χ3v) is 3.50. The average molecular weight is 233 g/mol. The highest BCUT2D eigenvalue weighted by Gasteiger charge is 2.20. The predicted octanol–water partition coefficient (Wildman–Crippen LogP) is 3.04. The van der Waals surface area contributed by atoms with E-state index in [9.17, 15) is 0 Å². The van der Waals surface area contributed by atoms with Gasteiger partial charge < -0.3 is 10.1 Å². The number of rotatable bonds is 4. The van der Waals surface area contributed by atoms with Crippen LogP contribution in [0.1, 0.15) is 37.3 Å². The van der Waals surface area contributed by atoms with Gasteiger partial charge >= 0.3 is 0 Å². The van der Waals surface area contributed by atoms with Crippen molar-refractivity contribution in [1.29, 1.82) is 0 Å². The zero-order chi connectivity index (χ0) is 12.1. The molecule has 1 aromatic carbocycles. The molecule has 17 heavy (non-hydrogen) atoms. The van der Waals surface area contributed by atoms with Crippen molar-refractivity contribution >= 4 is 0 Å². The minimum absolute atomic E-state index is 0.457. The fourth-order valence-corrected chi connectivity index (χ4v) is 2.43. The quantitative estimate of drug-likeness (QED) is 0.863. The first-order valence-electron chi connectivity index (χ1n) is 6.68. The van der Waals surface area contributed by atoms with Crippen LogP contribution in [0.25, 0.3) is 0 Å². The molecule has 1 aromatic rings. The molecule has 1 N–H and O–H groups in total. The first kappa shape index (κ1) is 12.6. The monoisotopic (exact) mass is 233 g/mol. The van der Waals surface area contributed by atoms with Gasteiger partial charge in [-0.15, -0.1) is 0 Å². The highest BCUT2D eigenvalue weighted by atomic mass is 16.5. The number of nitrogens with one attached hydrogen (secondary N) is 1. The molecule has 0 spiro atoms. The Morgan fingerprint density at radius 2 is 2.29 bits per heavy atom. The molecule has 0 bridgehead atoms. The van der Waals surface area contributed by atoms with Crippen molar-refractivity contribution in [2.45, 2.75) is 51.8 Å². The van der Waals surface area contributed by atoms with Gasteiger partial charge in [0.25, 0.3) is 0 Å². The van der Waals surface area contributed by atoms with E-state index in [0.717, 1.165) is 32.4 Å². The van der Waals surface area contributed by atoms with Crippen LogP contribution in [0.2, 0.25) is 0 Å². The van der Waals surface area contributed by atoms with Crippen molar-refractivity contribution in [2.24, 2.45) is 0 Å². The van der Waals surface area contributed by atoms with Crippen molar-refractivity contribution in [3.8, 4) is 0 Å². The Kier molecular flexibility index (Phi) is 4.57. The van der Waals surface area contributed by atoms with Gasteiger partial charge in [-0.25, -0.2) is 0 Å². The number of ether oxygens (including phenoxy) is 1. The Labute approximate surface area is 104 Å². The van der Waals surface area contributed by atoms with Crippen molar-refractivity contribution in [3.05, 3.63) is 35.4 Å². The summed E-state index contributed by atoms with van der Waals surface area (Å²) in [6.07, 6.45) is 3.88. The van der Waals surface area contributed by atoms with Crippen molar-refractivity contribution < 1.29 is 4.74 Å². The molecule has 94 valence electrons. The van der Waals surface area contributed by atoms with Gasteiger partial charge in [0, 0.05) is 19.2 Å². The summed E-state index contributed by atoms with van der Waals surface area (Å²) in [6, 6.07) is 9.34. The van der Waals surface area contributed by atoms with Crippen LogP contribution in [-0.2, 0) is 11.3 Å². The molecule has 1 aliphatic rings. The van der Waals surface area contributed by atoms with Gasteiger partial charge in [-0.05, 0) is 31.7 Å². The zero-order valence-electron chi connectivity index (χ0n) is 10.9. The summed E-state index contributed by atoms with van der Waals surface area (Å²) in [7, 11) is 0. The molecular weight excluding hydrogens is 210 g/mol. The first-order valence-corrected chi connectivity index (χ1v) is 6.68. The van der Waals surface area contributed by atoms with Gasteiger partial charge in [0.1, 0.15) is 0 Å². The molecule has 0 aliphatic carbocycles. The predicted molar refractivity (Wildman–Crippen MR) is 71.1 cm³/mol. The lowest BCUT2D eigenvalue weighted by Gasteiger charge is -2.29. The molecule has 2 atom stereocenters. The molecule has 2 rings (SSSR count). The third-order valence-electron chi connectivity index (χ3n) is 3.50. The lowest BCUT2D eigenvalue weighted by atomic mass is 10.0. The lowest BCUT2D eigenvalue weighted by molar-refractivity contribution is -0.000319. The number of hydrogen-bond donors (Lipinski definition) is 1. The van der Waals surface area contributed by atoms with Crippen molar-refractivity contribution in [3.63, 3.8) is 0 Å². The summed E-state index contributed by atoms with van der Waals surface area (Å²) < 4.78 is 5.69. The van der Waals surface area contributed by atoms with Crippen molar-refractivity contribution in [1.82, 2.24) is 5.32 Å². The van der Waals surface area contributed by atoms with E-state index in [-0.39, 0.29) is 0 Å². The Morgan fingerprint density at radius 1 is 1.41 bits per heavy atom. The fraction of sp³-hybridized carbons (Fsp3) is 0.600. The summed E-state index contributed by atoms with van der Waals surface area (Å²) in [5, 5.41) is 3.65. The summed E-state index contributed by atoms with van der Waals surface area (Å²) in [5.74, 6) is 0. The molecule has 2 heteroatoms. The van der Waals surface area contributed by atoms with E-state index in [1.165, 1.54) is 11.1 Å². The summed E-state index contributed by atoms with van der Waals surface area (Å²) in [5.41, 5.74) is 2.72. The Hall–Kier alpha value is -0.860. The average Bonchev–Trinajstić information content (AvgIpc) is 2.37. The molecule has 0 amide bonds. The van der Waals surface area contributed by atoms with Gasteiger partial charge in [0.05, 0.1) is 6.10 Å². The zero-order valence-corrected chi connectivity index (χ0v) is 10.9. The van der Waals surface area contributed by atoms with Crippen LogP contribution >= 0.6 is 0 Å². The van der Waals surface area contributed by atoms with Gasteiger partial charge in [-0.3, -0.25) is 0 Å². The molecule has 1 aliphatic heterocycles. The van der Waals surface area contributed by atoms with E-state index in [4.69, 9.17) is 4.74 Å². The molecule has 0 radical (unpaired) electrons. The normalized spacial score (nSPS) is 24.8. The van der Waals surface area contributed by atoms with E-state index in [1.807, 2.05) is 0 Å². The van der Waals surface area contributed by atoms with Crippen LogP contribution in [0.3, 0.4) is 0 Å². The standard InChI is InChI=1S/C15H23NO/c1-3-15-10-14(7-8-17-15)16-11-13-6-4-5-12(2)9-13/h4-6,9,14-16H,3,7-8,10-11H2,1-2H3. The molecular formula is C15H23NO. The van der Waals surface area contributed by atoms with Crippen LogP contribution in [0.5, 0.6) is 0 Å². The highest BCUT2D eigenvalue weighted by molar-refractivity contribution is 5.22. The van der Waals surface area contributed by atoms with Gasteiger partial charge in [0.2, 0.25) is 0 Å². The van der Waals surface area contributed by atoms with E-state index in [2.05, 4.69) is 43.4 Å². The molecule has 2 unspecified atom stereocenters. The smallest absolute Gasteiger partial charge is 0.0587 e. The molecule has 0 aromatic heterocycles. The van der Waals surface area contributed by atoms with E-state index in [1.54, 1.807) is 0 Å². The van der Waals surface area contributed by atoms with Crippen LogP contribution in [0, 0.1) is 6.92 Å². The maximum atomic E-state index is 5.69. The molecule has 1 fully saturated rings. The van der Waals surface area contributed by atoms with E-state index in [0.29, 0.717) is 12.1 Å². The van der Waals surface area contributed by atoms with Crippen LogP contribution in [0.4, 0.5) is 0 Å². The molecule has 1 saturated heterocycles. The second kappa shape index (κ2) is 6.18. The molecule has 2 nitrogen and oxygen atoms in total. The van der Waals surface area contributed by atoms with E-state index < -0.39 is 0 Å². The van der Waals surface area contributed by atoms with Crippen molar-refractivity contribution in [2.75, 3.05) is 6.61 Å². The Bertz CT molecular complexity index is 351. The fourth-order valence-electron chi connectivity index (χ4n) is 2.43. The highest BCUT2D eigenvalue weighted by Crippen LogP contribution is 2.16. The summed E-state index contributed by atoms with van der Waals surface area (Å²) >= 11 is 0. The first-order chi connectivity index (χ1) is 8.28. The van der Waals surface area contributed by atoms with E-state index >= 15 is 0 Å². The van der Waals surface area contributed by atoms with Gasteiger partial charge in [-0.2, -0.15) is 0 Å². The minimum atomic E-state index is 0.457. The van der Waals surface area contributed by atoms with Crippen LogP contribution in [-0.4, -0.2) is 18.8 Å². The summed E-state index contributed by atoms with van der Waals surface area (Å²) in [6.45, 7) is 6.23. The maximum Gasteiger partial charge on any atom is 0.0587 e. The Balaban J connectivity index is 1.81. The number of benzene rings is 1. The lowest BCUT2D eigenvalue weighted by Crippen LogP contribution is -2.38. The number of aryl methyl sites for hydroxylation is 1. The largest absolute Gasteiger partial charge is 0.378 e. The minimum Gasteiger partial charge on any atom is -0.378 e. The molecule has 1 heterocycles. The van der Waals surface area contributed by atoms with Gasteiger partial charge in [-0.1, -0.05) is 36.8 Å². The second-order valence-electron chi connectivity index (χ2n) is 4.99. The SMILES string of the molecule is CCC1CC(NCc2cccc(C)c2)CCO1. The Morgan fingerprint density at radius 3 is 3.06 bits per heavy atom. The third kappa shape index (κ3) is 3.83. The van der Waals surface area contributed by atoms with Crippen LogP contribution in [0.15, 0.2) is 24.3 Å². The number of hydrogen-bond acceptors (Lipinski definition) is 2. The maximum absolute atomic E-state index is 5.69. The topological polar surface area (TPSA) is 21.3 Å².